The molecule has 0 radical (unpaired) electrons. The molecule has 0 aliphatic carbocycles. The lowest BCUT2D eigenvalue weighted by Crippen LogP contribution is -2.08. The van der Waals surface area contributed by atoms with Gasteiger partial charge in [-0.05, 0) is 37.6 Å². The van der Waals surface area contributed by atoms with Gasteiger partial charge in [-0.25, -0.2) is 4.39 Å². The average molecular weight is 238 g/mol. The van der Waals surface area contributed by atoms with Crippen molar-refractivity contribution in [1.29, 1.82) is 0 Å². The number of ether oxygens (including phenoxy) is 1. The van der Waals surface area contributed by atoms with Crippen LogP contribution in [0.1, 0.15) is 35.7 Å². The second kappa shape index (κ2) is 6.13. The molecule has 0 fully saturated rings. The third kappa shape index (κ3) is 4.34. The van der Waals surface area contributed by atoms with Crippen molar-refractivity contribution in [2.45, 2.75) is 26.7 Å². The molecule has 0 N–H and O–H groups in total. The largest absolute Gasteiger partial charge is 0.466 e. The number of carbonyl (C=O) groups is 2. The summed E-state index contributed by atoms with van der Waals surface area (Å²) in [7, 11) is 0. The summed E-state index contributed by atoms with van der Waals surface area (Å²) in [4.78, 5) is 22.7. The van der Waals surface area contributed by atoms with Crippen LogP contribution in [-0.4, -0.2) is 18.4 Å². The van der Waals surface area contributed by atoms with Crippen molar-refractivity contribution in [3.63, 3.8) is 0 Å². The molecule has 0 aliphatic rings. The van der Waals surface area contributed by atoms with E-state index in [2.05, 4.69) is 0 Å². The van der Waals surface area contributed by atoms with Crippen LogP contribution < -0.4 is 0 Å². The topological polar surface area (TPSA) is 43.4 Å². The van der Waals surface area contributed by atoms with Gasteiger partial charge in [0.1, 0.15) is 5.82 Å². The molecular formula is C13H15FO3. The monoisotopic (exact) mass is 238 g/mol. The molecule has 0 bridgehead atoms. The highest BCUT2D eigenvalue weighted by molar-refractivity contribution is 5.97. The number of ketones is 1. The molecule has 3 nitrogen and oxygen atoms in total. The minimum atomic E-state index is -0.440. The first kappa shape index (κ1) is 13.4. The maximum atomic E-state index is 13.1. The minimum absolute atomic E-state index is 0.0300. The van der Waals surface area contributed by atoms with Gasteiger partial charge >= 0.3 is 5.97 Å². The number of hydrogen-bond acceptors (Lipinski definition) is 3. The van der Waals surface area contributed by atoms with Gasteiger partial charge in [0.25, 0.3) is 0 Å². The molecule has 0 atom stereocenters. The van der Waals surface area contributed by atoms with Crippen LogP contribution in [-0.2, 0) is 9.53 Å². The van der Waals surface area contributed by atoms with Crippen molar-refractivity contribution in [2.24, 2.45) is 0 Å². The predicted octanol–water partition coefficient (Wildman–Crippen LogP) is 2.66. The molecule has 17 heavy (non-hydrogen) atoms. The third-order valence-electron chi connectivity index (χ3n) is 2.23. The van der Waals surface area contributed by atoms with E-state index in [1.165, 1.54) is 12.1 Å². The molecule has 0 heterocycles. The van der Waals surface area contributed by atoms with Gasteiger partial charge < -0.3 is 4.74 Å². The Labute approximate surface area is 99.6 Å². The van der Waals surface area contributed by atoms with Crippen LogP contribution in [0, 0.1) is 12.7 Å². The number of rotatable bonds is 5. The van der Waals surface area contributed by atoms with Crippen LogP contribution in [0.25, 0.3) is 0 Å². The Kier molecular flexibility index (Phi) is 4.82. The molecule has 0 amide bonds. The fraction of sp³-hybridized carbons (Fsp3) is 0.385. The van der Waals surface area contributed by atoms with Gasteiger partial charge in [-0.3, -0.25) is 9.59 Å². The highest BCUT2D eigenvalue weighted by atomic mass is 19.1. The van der Waals surface area contributed by atoms with Crippen molar-refractivity contribution in [1.82, 2.24) is 0 Å². The van der Waals surface area contributed by atoms with E-state index in [1.807, 2.05) is 0 Å². The second-order valence-electron chi connectivity index (χ2n) is 3.75. The number of carbonyl (C=O) groups excluding carboxylic acids is 2. The van der Waals surface area contributed by atoms with Crippen LogP contribution in [0.5, 0.6) is 0 Å². The standard InChI is InChI=1S/C13H15FO3/c1-3-17-13(16)5-4-12(15)10-6-9(2)7-11(14)8-10/h6-8H,3-5H2,1-2H3. The van der Waals surface area contributed by atoms with E-state index in [4.69, 9.17) is 4.74 Å². The first-order valence-corrected chi connectivity index (χ1v) is 5.49. The number of hydrogen-bond donors (Lipinski definition) is 0. The summed E-state index contributed by atoms with van der Waals surface area (Å²) in [6.45, 7) is 3.72. The molecule has 1 aromatic rings. The molecule has 4 heteroatoms. The van der Waals surface area contributed by atoms with Crippen LogP contribution in [0.4, 0.5) is 4.39 Å². The van der Waals surface area contributed by atoms with Crippen LogP contribution in [0.15, 0.2) is 18.2 Å². The van der Waals surface area contributed by atoms with E-state index < -0.39 is 11.8 Å². The fourth-order valence-electron chi connectivity index (χ4n) is 1.49. The second-order valence-corrected chi connectivity index (χ2v) is 3.75. The maximum absolute atomic E-state index is 13.1. The fourth-order valence-corrected chi connectivity index (χ4v) is 1.49. The van der Waals surface area contributed by atoms with E-state index in [1.54, 1.807) is 19.9 Å². The Bertz CT molecular complexity index is 406. The van der Waals surface area contributed by atoms with Gasteiger partial charge in [0.2, 0.25) is 0 Å². The molecule has 0 unspecified atom stereocenters. The van der Waals surface area contributed by atoms with Gasteiger partial charge in [0.15, 0.2) is 5.78 Å². The number of esters is 1. The minimum Gasteiger partial charge on any atom is -0.466 e. The number of benzene rings is 1. The first-order chi connectivity index (χ1) is 8.02. The third-order valence-corrected chi connectivity index (χ3v) is 2.23. The molecular weight excluding hydrogens is 223 g/mol. The first-order valence-electron chi connectivity index (χ1n) is 5.49. The van der Waals surface area contributed by atoms with Crippen molar-refractivity contribution in [2.75, 3.05) is 6.61 Å². The molecule has 1 rings (SSSR count). The highest BCUT2D eigenvalue weighted by Crippen LogP contribution is 2.11. The van der Waals surface area contributed by atoms with E-state index in [9.17, 15) is 14.0 Å². The van der Waals surface area contributed by atoms with Crippen molar-refractivity contribution < 1.29 is 18.7 Å². The molecule has 0 aromatic heterocycles. The highest BCUT2D eigenvalue weighted by Gasteiger charge is 2.11. The quantitative estimate of drug-likeness (QED) is 0.585. The zero-order valence-corrected chi connectivity index (χ0v) is 9.96. The Balaban J connectivity index is 2.61. The van der Waals surface area contributed by atoms with Crippen molar-refractivity contribution >= 4 is 11.8 Å². The van der Waals surface area contributed by atoms with Crippen LogP contribution in [0.2, 0.25) is 0 Å². The van der Waals surface area contributed by atoms with Gasteiger partial charge in [0.05, 0.1) is 13.0 Å². The zero-order valence-electron chi connectivity index (χ0n) is 9.96. The summed E-state index contributed by atoms with van der Waals surface area (Å²) in [5.41, 5.74) is 0.983. The Hall–Kier alpha value is -1.71. The van der Waals surface area contributed by atoms with E-state index >= 15 is 0 Å². The summed E-state index contributed by atoms with van der Waals surface area (Å²) in [6.07, 6.45) is 0.0734. The summed E-state index contributed by atoms with van der Waals surface area (Å²) in [5.74, 6) is -1.10. The van der Waals surface area contributed by atoms with E-state index in [0.717, 1.165) is 0 Å². The smallest absolute Gasteiger partial charge is 0.306 e. The normalized spacial score (nSPS) is 10.1. The summed E-state index contributed by atoms with van der Waals surface area (Å²) < 4.78 is 17.8. The van der Waals surface area contributed by atoms with Gasteiger partial charge in [0, 0.05) is 12.0 Å². The number of Topliss-reactive ketones (excluding diaryl/α,β-unsaturated/α-hetero) is 1. The summed E-state index contributed by atoms with van der Waals surface area (Å²) in [5, 5.41) is 0. The Morgan fingerprint density at radius 3 is 2.53 bits per heavy atom. The summed E-state index contributed by atoms with van der Waals surface area (Å²) >= 11 is 0. The van der Waals surface area contributed by atoms with Crippen molar-refractivity contribution in [3.8, 4) is 0 Å². The molecule has 0 saturated carbocycles. The van der Waals surface area contributed by atoms with Crippen LogP contribution in [0.3, 0.4) is 0 Å². The molecule has 0 aliphatic heterocycles. The average Bonchev–Trinajstić information content (AvgIpc) is 2.25. The molecule has 1 aromatic carbocycles. The van der Waals surface area contributed by atoms with E-state index in [0.29, 0.717) is 17.7 Å². The summed E-state index contributed by atoms with van der Waals surface area (Å²) in [6, 6.07) is 4.14. The molecule has 0 spiro atoms. The predicted molar refractivity (Wildman–Crippen MR) is 61.3 cm³/mol. The Morgan fingerprint density at radius 2 is 1.94 bits per heavy atom. The SMILES string of the molecule is CCOC(=O)CCC(=O)c1cc(C)cc(F)c1. The lowest BCUT2D eigenvalue weighted by atomic mass is 10.0. The maximum Gasteiger partial charge on any atom is 0.306 e. The number of halogens is 1. The van der Waals surface area contributed by atoms with Gasteiger partial charge in [-0.1, -0.05) is 0 Å². The zero-order chi connectivity index (χ0) is 12.8. The van der Waals surface area contributed by atoms with E-state index in [-0.39, 0.29) is 18.6 Å². The van der Waals surface area contributed by atoms with Crippen molar-refractivity contribution in [3.05, 3.63) is 35.1 Å². The molecule has 0 saturated heterocycles. The lowest BCUT2D eigenvalue weighted by molar-refractivity contribution is -0.143. The van der Waals surface area contributed by atoms with Gasteiger partial charge in [-0.2, -0.15) is 0 Å². The van der Waals surface area contributed by atoms with Crippen LogP contribution >= 0.6 is 0 Å². The number of aryl methyl sites for hydroxylation is 1. The lowest BCUT2D eigenvalue weighted by Gasteiger charge is -2.03. The van der Waals surface area contributed by atoms with Gasteiger partial charge in [-0.15, -0.1) is 0 Å². The molecule has 92 valence electrons. The Morgan fingerprint density at radius 1 is 1.24 bits per heavy atom.